The maximum atomic E-state index is 13.6. The van der Waals surface area contributed by atoms with Crippen molar-refractivity contribution in [2.45, 2.75) is 23.6 Å². The fourth-order valence-electron chi connectivity index (χ4n) is 1.78. The zero-order valence-electron chi connectivity index (χ0n) is 12.0. The minimum Gasteiger partial charge on any atom is -0.396 e. The molecule has 0 atom stereocenters. The maximum Gasteiger partial charge on any atom is 0.146 e. The van der Waals surface area contributed by atoms with Crippen LogP contribution in [0.3, 0.4) is 0 Å². The van der Waals surface area contributed by atoms with Gasteiger partial charge in [-0.05, 0) is 49.2 Å². The highest BCUT2D eigenvalue weighted by molar-refractivity contribution is 8.76. The minimum atomic E-state index is -0.405. The van der Waals surface area contributed by atoms with E-state index in [9.17, 15) is 8.78 Å². The first-order valence-electron chi connectivity index (χ1n) is 6.30. The molecule has 2 aromatic carbocycles. The summed E-state index contributed by atoms with van der Waals surface area (Å²) in [6.45, 7) is 3.69. The van der Waals surface area contributed by atoms with E-state index in [1.54, 1.807) is 19.2 Å². The summed E-state index contributed by atoms with van der Waals surface area (Å²) in [7, 11) is 4.66. The molecule has 0 saturated heterocycles. The number of hydrogen-bond acceptors (Lipinski definition) is 4. The maximum absolute atomic E-state index is 13.6. The van der Waals surface area contributed by atoms with Crippen LogP contribution >= 0.6 is 21.6 Å². The molecule has 21 heavy (non-hydrogen) atoms. The first-order valence-corrected chi connectivity index (χ1v) is 8.45. The van der Waals surface area contributed by atoms with Gasteiger partial charge in [-0.25, -0.2) is 8.78 Å². The predicted molar refractivity (Wildman–Crippen MR) is 87.9 cm³/mol. The average molecular weight is 326 g/mol. The van der Waals surface area contributed by atoms with Crippen LogP contribution in [0, 0.1) is 25.5 Å². The summed E-state index contributed by atoms with van der Waals surface area (Å²) in [6, 6.07) is 6.32. The van der Waals surface area contributed by atoms with Crippen LogP contribution in [0.25, 0.3) is 0 Å². The van der Waals surface area contributed by atoms with Gasteiger partial charge in [0.05, 0.1) is 11.4 Å². The van der Waals surface area contributed by atoms with Gasteiger partial charge in [-0.1, -0.05) is 21.6 Å². The van der Waals surface area contributed by atoms with Crippen molar-refractivity contribution in [1.82, 2.24) is 0 Å². The fourth-order valence-corrected chi connectivity index (χ4v) is 4.30. The number of halogens is 2. The number of benzene rings is 2. The molecule has 0 amide bonds. The fraction of sp³-hybridized carbons (Fsp3) is 0.200. The van der Waals surface area contributed by atoms with Crippen LogP contribution in [0.2, 0.25) is 0 Å². The lowest BCUT2D eigenvalue weighted by Gasteiger charge is -2.11. The van der Waals surface area contributed by atoms with Crippen LogP contribution in [-0.2, 0) is 0 Å². The van der Waals surface area contributed by atoms with Crippen LogP contribution in [0.15, 0.2) is 34.1 Å². The van der Waals surface area contributed by atoms with E-state index in [4.69, 9.17) is 5.73 Å². The quantitative estimate of drug-likeness (QED) is 0.612. The molecule has 0 bridgehead atoms. The monoisotopic (exact) mass is 326 g/mol. The second-order valence-electron chi connectivity index (χ2n) is 4.65. The molecule has 2 rings (SSSR count). The first kappa shape index (κ1) is 16.0. The van der Waals surface area contributed by atoms with E-state index < -0.39 is 5.82 Å². The third-order valence-electron chi connectivity index (χ3n) is 3.05. The van der Waals surface area contributed by atoms with Crippen molar-refractivity contribution in [3.8, 4) is 0 Å². The Kier molecular flexibility index (Phi) is 5.00. The summed E-state index contributed by atoms with van der Waals surface area (Å²) < 4.78 is 27.0. The lowest BCUT2D eigenvalue weighted by Crippen LogP contribution is -1.94. The summed E-state index contributed by atoms with van der Waals surface area (Å²) in [5, 5.41) is 2.82. The van der Waals surface area contributed by atoms with Crippen LogP contribution in [0.4, 0.5) is 20.2 Å². The van der Waals surface area contributed by atoms with E-state index in [0.29, 0.717) is 5.69 Å². The molecule has 0 unspecified atom stereocenters. The molecular formula is C15H16F2N2S2. The molecule has 0 fully saturated rings. The molecule has 0 aromatic heterocycles. The summed E-state index contributed by atoms with van der Waals surface area (Å²) in [4.78, 5) is 1.85. The van der Waals surface area contributed by atoms with E-state index in [1.807, 2.05) is 13.8 Å². The second kappa shape index (κ2) is 6.58. The Hall–Kier alpha value is -1.40. The molecule has 0 aliphatic carbocycles. The first-order chi connectivity index (χ1) is 9.92. The summed E-state index contributed by atoms with van der Waals surface area (Å²) in [6.07, 6.45) is 0. The van der Waals surface area contributed by atoms with E-state index in [0.717, 1.165) is 20.9 Å². The van der Waals surface area contributed by atoms with Crippen LogP contribution < -0.4 is 11.1 Å². The largest absolute Gasteiger partial charge is 0.396 e. The topological polar surface area (TPSA) is 38.0 Å². The van der Waals surface area contributed by atoms with E-state index in [2.05, 4.69) is 5.32 Å². The lowest BCUT2D eigenvalue weighted by atomic mass is 10.2. The Labute approximate surface area is 130 Å². The summed E-state index contributed by atoms with van der Waals surface area (Å²) >= 11 is 0. The lowest BCUT2D eigenvalue weighted by molar-refractivity contribution is 0.628. The van der Waals surface area contributed by atoms with Gasteiger partial charge < -0.3 is 11.1 Å². The number of anilines is 2. The van der Waals surface area contributed by atoms with Crippen molar-refractivity contribution < 1.29 is 8.78 Å². The molecule has 112 valence electrons. The smallest absolute Gasteiger partial charge is 0.146 e. The van der Waals surface area contributed by atoms with Crippen molar-refractivity contribution in [2.75, 3.05) is 18.1 Å². The van der Waals surface area contributed by atoms with Gasteiger partial charge in [0.25, 0.3) is 0 Å². The molecule has 0 aliphatic heterocycles. The molecular weight excluding hydrogens is 310 g/mol. The van der Waals surface area contributed by atoms with E-state index in [-0.39, 0.29) is 11.5 Å². The number of nitrogen functional groups attached to an aromatic ring is 1. The van der Waals surface area contributed by atoms with Gasteiger partial charge in [-0.15, -0.1) is 0 Å². The third-order valence-corrected chi connectivity index (χ3v) is 5.70. The van der Waals surface area contributed by atoms with Crippen molar-refractivity contribution in [3.63, 3.8) is 0 Å². The molecule has 0 aliphatic rings. The standard InChI is InChI=1S/C15H16F2N2S2/c1-8-4-10(16)12(18)6-14(8)20-21-15-7-13(19-3)11(17)5-9(15)2/h4-7,19H,18H2,1-3H3. The molecule has 0 heterocycles. The molecule has 2 aromatic rings. The van der Waals surface area contributed by atoms with Crippen LogP contribution in [0.1, 0.15) is 11.1 Å². The minimum absolute atomic E-state index is 0.135. The SMILES string of the molecule is CNc1cc(SSc2cc(N)c(F)cc2C)c(C)cc1F. The van der Waals surface area contributed by atoms with Gasteiger partial charge in [-0.3, -0.25) is 0 Å². The Morgan fingerprint density at radius 3 is 2.00 bits per heavy atom. The third kappa shape index (κ3) is 3.63. The van der Waals surface area contributed by atoms with Gasteiger partial charge in [0.1, 0.15) is 11.6 Å². The van der Waals surface area contributed by atoms with Gasteiger partial charge in [-0.2, -0.15) is 0 Å². The van der Waals surface area contributed by atoms with Gasteiger partial charge in [0.2, 0.25) is 0 Å². The molecule has 0 radical (unpaired) electrons. The predicted octanol–water partition coefficient (Wildman–Crippen LogP) is 5.00. The van der Waals surface area contributed by atoms with Crippen LogP contribution in [-0.4, -0.2) is 7.05 Å². The normalized spacial score (nSPS) is 10.7. The summed E-state index contributed by atoms with van der Waals surface area (Å²) in [5.74, 6) is -0.677. The highest BCUT2D eigenvalue weighted by Crippen LogP contribution is 2.42. The van der Waals surface area contributed by atoms with Crippen molar-refractivity contribution in [2.24, 2.45) is 0 Å². The Morgan fingerprint density at radius 1 is 0.905 bits per heavy atom. The summed E-state index contributed by atoms with van der Waals surface area (Å²) in [5.41, 5.74) is 7.87. The average Bonchev–Trinajstić information content (AvgIpc) is 2.43. The second-order valence-corrected chi connectivity index (χ2v) is 6.87. The molecule has 0 saturated carbocycles. The molecule has 0 spiro atoms. The van der Waals surface area contributed by atoms with E-state index >= 15 is 0 Å². The van der Waals surface area contributed by atoms with Gasteiger partial charge >= 0.3 is 0 Å². The Balaban J connectivity index is 2.22. The van der Waals surface area contributed by atoms with Gasteiger partial charge in [0, 0.05) is 16.8 Å². The Morgan fingerprint density at radius 2 is 1.43 bits per heavy atom. The highest BCUT2D eigenvalue weighted by Gasteiger charge is 2.10. The number of rotatable bonds is 4. The van der Waals surface area contributed by atoms with E-state index in [1.165, 1.54) is 33.7 Å². The van der Waals surface area contributed by atoms with Crippen molar-refractivity contribution in [1.29, 1.82) is 0 Å². The van der Waals surface area contributed by atoms with Gasteiger partial charge in [0.15, 0.2) is 0 Å². The Bertz CT molecular complexity index is 675. The van der Waals surface area contributed by atoms with Crippen LogP contribution in [0.5, 0.6) is 0 Å². The van der Waals surface area contributed by atoms with Crippen molar-refractivity contribution >= 4 is 33.0 Å². The molecule has 2 nitrogen and oxygen atoms in total. The number of nitrogens with one attached hydrogen (secondary N) is 1. The molecule has 3 N–H and O–H groups in total. The number of aryl methyl sites for hydroxylation is 2. The number of nitrogens with two attached hydrogens (primary N) is 1. The highest BCUT2D eigenvalue weighted by atomic mass is 33.1. The number of hydrogen-bond donors (Lipinski definition) is 2. The molecule has 6 heteroatoms. The zero-order chi connectivity index (χ0) is 15.6. The zero-order valence-corrected chi connectivity index (χ0v) is 13.6. The van der Waals surface area contributed by atoms with Crippen molar-refractivity contribution in [3.05, 3.63) is 47.0 Å².